The summed E-state index contributed by atoms with van der Waals surface area (Å²) in [6.07, 6.45) is 1.88. The maximum atomic E-state index is 12.9. The molecule has 0 radical (unpaired) electrons. The molecule has 0 aromatic heterocycles. The maximum Gasteiger partial charge on any atom is 0.226 e. The number of rotatable bonds is 6. The fraction of sp³-hybridized carbons (Fsp3) is 0.611. The van der Waals surface area contributed by atoms with Crippen LogP contribution in [0.3, 0.4) is 0 Å². The van der Waals surface area contributed by atoms with E-state index in [0.717, 1.165) is 39.1 Å². The van der Waals surface area contributed by atoms with Crippen molar-refractivity contribution in [3.8, 4) is 0 Å². The number of ether oxygens (including phenoxy) is 1. The summed E-state index contributed by atoms with van der Waals surface area (Å²) in [6, 6.07) is 10.7. The maximum absolute atomic E-state index is 12.9. The molecule has 22 heavy (non-hydrogen) atoms. The van der Waals surface area contributed by atoms with Crippen LogP contribution in [0.1, 0.15) is 18.9 Å². The van der Waals surface area contributed by atoms with Crippen molar-refractivity contribution in [1.29, 1.82) is 0 Å². The van der Waals surface area contributed by atoms with Gasteiger partial charge >= 0.3 is 0 Å². The van der Waals surface area contributed by atoms with Crippen LogP contribution in [-0.2, 0) is 16.0 Å². The van der Waals surface area contributed by atoms with E-state index in [9.17, 15) is 4.79 Å². The zero-order chi connectivity index (χ0) is 15.4. The molecular formula is C18H26N2O2. The Morgan fingerprint density at radius 1 is 1.36 bits per heavy atom. The van der Waals surface area contributed by atoms with E-state index in [1.807, 2.05) is 6.07 Å². The fourth-order valence-corrected chi connectivity index (χ4v) is 3.26. The van der Waals surface area contributed by atoms with Gasteiger partial charge in [0.25, 0.3) is 0 Å². The number of carbonyl (C=O) groups is 1. The van der Waals surface area contributed by atoms with Gasteiger partial charge in [-0.1, -0.05) is 37.3 Å². The Balaban J connectivity index is 1.64. The standard InChI is InChI=1S/C18H26N2O2/c1-14(16-11-19-12-16)18(21)20(17-8-10-22-13-17)9-7-15-5-3-2-4-6-15/h2-6,14,16-17,19H,7-13H2,1H3. The molecule has 2 fully saturated rings. The monoisotopic (exact) mass is 302 g/mol. The lowest BCUT2D eigenvalue weighted by molar-refractivity contribution is -0.139. The molecule has 120 valence electrons. The minimum atomic E-state index is 0.109. The van der Waals surface area contributed by atoms with Crippen LogP contribution >= 0.6 is 0 Å². The van der Waals surface area contributed by atoms with E-state index in [2.05, 4.69) is 41.4 Å². The van der Waals surface area contributed by atoms with Crippen LogP contribution in [0.4, 0.5) is 0 Å². The Morgan fingerprint density at radius 3 is 2.73 bits per heavy atom. The average molecular weight is 302 g/mol. The highest BCUT2D eigenvalue weighted by molar-refractivity contribution is 5.79. The van der Waals surface area contributed by atoms with Crippen molar-refractivity contribution in [2.45, 2.75) is 25.8 Å². The third-order valence-electron chi connectivity index (χ3n) is 5.02. The van der Waals surface area contributed by atoms with Crippen LogP contribution in [0.2, 0.25) is 0 Å². The molecule has 2 aliphatic heterocycles. The molecule has 1 aromatic carbocycles. The van der Waals surface area contributed by atoms with E-state index in [-0.39, 0.29) is 12.0 Å². The van der Waals surface area contributed by atoms with Gasteiger partial charge in [0.2, 0.25) is 5.91 Å². The largest absolute Gasteiger partial charge is 0.379 e. The Kier molecular flexibility index (Phi) is 5.11. The molecule has 0 aliphatic carbocycles. The molecule has 0 bridgehead atoms. The molecule has 2 aliphatic rings. The van der Waals surface area contributed by atoms with Crippen LogP contribution in [0, 0.1) is 11.8 Å². The molecule has 1 amide bonds. The number of amides is 1. The van der Waals surface area contributed by atoms with Crippen LogP contribution in [-0.4, -0.2) is 49.7 Å². The number of hydrogen-bond donors (Lipinski definition) is 1. The summed E-state index contributed by atoms with van der Waals surface area (Å²) in [7, 11) is 0. The molecule has 1 N–H and O–H groups in total. The zero-order valence-corrected chi connectivity index (χ0v) is 13.3. The summed E-state index contributed by atoms with van der Waals surface area (Å²) < 4.78 is 5.51. The van der Waals surface area contributed by atoms with Gasteiger partial charge in [0, 0.05) is 19.1 Å². The van der Waals surface area contributed by atoms with Gasteiger partial charge in [-0.2, -0.15) is 0 Å². The summed E-state index contributed by atoms with van der Waals surface area (Å²) in [5.74, 6) is 0.907. The number of nitrogens with zero attached hydrogens (tertiary/aromatic N) is 1. The Labute approximate surface area is 132 Å². The molecular weight excluding hydrogens is 276 g/mol. The number of carbonyl (C=O) groups excluding carboxylic acids is 1. The smallest absolute Gasteiger partial charge is 0.226 e. The normalized spacial score (nSPS) is 23.0. The number of hydrogen-bond acceptors (Lipinski definition) is 3. The second kappa shape index (κ2) is 7.25. The lowest BCUT2D eigenvalue weighted by atomic mass is 9.87. The van der Waals surface area contributed by atoms with Gasteiger partial charge in [-0.25, -0.2) is 0 Å². The van der Waals surface area contributed by atoms with E-state index < -0.39 is 0 Å². The van der Waals surface area contributed by atoms with E-state index in [4.69, 9.17) is 4.74 Å². The van der Waals surface area contributed by atoms with Gasteiger partial charge in [-0.05, 0) is 37.4 Å². The van der Waals surface area contributed by atoms with Gasteiger partial charge in [0.1, 0.15) is 0 Å². The first kappa shape index (κ1) is 15.5. The topological polar surface area (TPSA) is 41.6 Å². The van der Waals surface area contributed by atoms with E-state index >= 15 is 0 Å². The second-order valence-corrected chi connectivity index (χ2v) is 6.49. The first-order valence-corrected chi connectivity index (χ1v) is 8.38. The highest BCUT2D eigenvalue weighted by Gasteiger charge is 2.35. The van der Waals surface area contributed by atoms with Gasteiger partial charge in [0.05, 0.1) is 12.6 Å². The molecule has 0 saturated carbocycles. The SMILES string of the molecule is CC(C(=O)N(CCc1ccccc1)C1CCOC1)C1CNC1. The summed E-state index contributed by atoms with van der Waals surface area (Å²) >= 11 is 0. The van der Waals surface area contributed by atoms with E-state index in [1.54, 1.807) is 0 Å². The average Bonchev–Trinajstić information content (AvgIpc) is 3.00. The van der Waals surface area contributed by atoms with Gasteiger partial charge < -0.3 is 15.0 Å². The van der Waals surface area contributed by atoms with Crippen molar-refractivity contribution in [3.05, 3.63) is 35.9 Å². The lowest BCUT2D eigenvalue weighted by Crippen LogP contribution is -2.52. The molecule has 1 aromatic rings. The summed E-state index contributed by atoms with van der Waals surface area (Å²) in [5.41, 5.74) is 1.29. The van der Waals surface area contributed by atoms with Crippen LogP contribution < -0.4 is 5.32 Å². The first-order chi connectivity index (χ1) is 10.8. The predicted molar refractivity (Wildman–Crippen MR) is 86.6 cm³/mol. The van der Waals surface area contributed by atoms with Gasteiger partial charge in [0.15, 0.2) is 0 Å². The molecule has 4 heteroatoms. The number of nitrogens with one attached hydrogen (secondary N) is 1. The van der Waals surface area contributed by atoms with Crippen LogP contribution in [0.25, 0.3) is 0 Å². The van der Waals surface area contributed by atoms with Crippen LogP contribution in [0.5, 0.6) is 0 Å². The minimum Gasteiger partial charge on any atom is -0.379 e. The quantitative estimate of drug-likeness (QED) is 0.870. The van der Waals surface area contributed by atoms with Crippen molar-refractivity contribution in [2.75, 3.05) is 32.8 Å². The molecule has 3 rings (SSSR count). The predicted octanol–water partition coefficient (Wildman–Crippen LogP) is 1.70. The highest BCUT2D eigenvalue weighted by atomic mass is 16.5. The second-order valence-electron chi connectivity index (χ2n) is 6.49. The number of benzene rings is 1. The highest BCUT2D eigenvalue weighted by Crippen LogP contribution is 2.22. The van der Waals surface area contributed by atoms with Gasteiger partial charge in [-0.3, -0.25) is 4.79 Å². The Hall–Kier alpha value is -1.39. The lowest BCUT2D eigenvalue weighted by Gasteiger charge is -2.37. The Bertz CT molecular complexity index is 481. The molecule has 4 nitrogen and oxygen atoms in total. The van der Waals surface area contributed by atoms with Crippen molar-refractivity contribution in [2.24, 2.45) is 11.8 Å². The van der Waals surface area contributed by atoms with Crippen molar-refractivity contribution >= 4 is 5.91 Å². The summed E-state index contributed by atoms with van der Waals surface area (Å²) in [5, 5.41) is 3.27. The summed E-state index contributed by atoms with van der Waals surface area (Å²) in [4.78, 5) is 15.0. The van der Waals surface area contributed by atoms with Crippen molar-refractivity contribution in [1.82, 2.24) is 10.2 Å². The molecule has 2 atom stereocenters. The first-order valence-electron chi connectivity index (χ1n) is 8.38. The molecule has 2 heterocycles. The van der Waals surface area contributed by atoms with Gasteiger partial charge in [-0.15, -0.1) is 0 Å². The fourth-order valence-electron chi connectivity index (χ4n) is 3.26. The minimum absolute atomic E-state index is 0.109. The molecule has 2 unspecified atom stereocenters. The van der Waals surface area contributed by atoms with Crippen LogP contribution in [0.15, 0.2) is 30.3 Å². The third-order valence-corrected chi connectivity index (χ3v) is 5.02. The third kappa shape index (κ3) is 3.50. The molecule has 0 spiro atoms. The van der Waals surface area contributed by atoms with E-state index in [1.165, 1.54) is 5.56 Å². The zero-order valence-electron chi connectivity index (χ0n) is 13.3. The van der Waals surface area contributed by atoms with Crippen molar-refractivity contribution in [3.63, 3.8) is 0 Å². The summed E-state index contributed by atoms with van der Waals surface area (Å²) in [6.45, 7) is 6.29. The Morgan fingerprint density at radius 2 is 2.14 bits per heavy atom. The van der Waals surface area contributed by atoms with Crippen molar-refractivity contribution < 1.29 is 9.53 Å². The molecule has 2 saturated heterocycles. The van der Waals surface area contributed by atoms with E-state index in [0.29, 0.717) is 18.4 Å².